The fraction of sp³-hybridized carbons (Fsp3) is 0.333. The van der Waals surface area contributed by atoms with Crippen molar-refractivity contribution in [3.63, 3.8) is 0 Å². The Morgan fingerprint density at radius 3 is 2.58 bits per heavy atom. The van der Waals surface area contributed by atoms with Crippen molar-refractivity contribution < 1.29 is 18.7 Å². The van der Waals surface area contributed by atoms with E-state index in [0.717, 1.165) is 30.4 Å². The summed E-state index contributed by atoms with van der Waals surface area (Å²) in [7, 11) is 0. The van der Waals surface area contributed by atoms with Crippen molar-refractivity contribution in [1.82, 2.24) is 10.2 Å². The molecular formula is C30H31FN2O3. The molecule has 0 bridgehead atoms. The molecule has 0 spiro atoms. The highest BCUT2D eigenvalue weighted by Crippen LogP contribution is 2.41. The van der Waals surface area contributed by atoms with Crippen LogP contribution < -0.4 is 10.1 Å². The number of aryl methyl sites for hydroxylation is 1. The molecule has 5 rings (SSSR count). The van der Waals surface area contributed by atoms with E-state index in [1.807, 2.05) is 23.1 Å². The molecule has 3 aromatic carbocycles. The van der Waals surface area contributed by atoms with Crippen LogP contribution in [-0.4, -0.2) is 29.4 Å². The second-order valence-corrected chi connectivity index (χ2v) is 9.84. The summed E-state index contributed by atoms with van der Waals surface area (Å²) in [4.78, 5) is 27.9. The molecule has 5 nitrogen and oxygen atoms in total. The third-order valence-electron chi connectivity index (χ3n) is 6.99. The van der Waals surface area contributed by atoms with Gasteiger partial charge in [0.05, 0.1) is 6.04 Å². The molecule has 0 unspecified atom stereocenters. The Morgan fingerprint density at radius 1 is 1.08 bits per heavy atom. The number of benzene rings is 3. The van der Waals surface area contributed by atoms with Crippen LogP contribution in [0, 0.1) is 18.7 Å². The van der Waals surface area contributed by atoms with Crippen molar-refractivity contribution in [2.45, 2.75) is 51.8 Å². The third-order valence-corrected chi connectivity index (χ3v) is 6.99. The first-order chi connectivity index (χ1) is 17.4. The maximum atomic E-state index is 13.4. The van der Waals surface area contributed by atoms with Gasteiger partial charge in [-0.2, -0.15) is 0 Å². The van der Waals surface area contributed by atoms with E-state index in [1.165, 1.54) is 23.3 Å². The monoisotopic (exact) mass is 486 g/mol. The van der Waals surface area contributed by atoms with Gasteiger partial charge in [-0.15, -0.1) is 0 Å². The summed E-state index contributed by atoms with van der Waals surface area (Å²) in [6.07, 6.45) is 1.99. The maximum absolute atomic E-state index is 13.4. The van der Waals surface area contributed by atoms with Gasteiger partial charge in [-0.25, -0.2) is 4.39 Å². The van der Waals surface area contributed by atoms with E-state index in [1.54, 1.807) is 19.1 Å². The van der Waals surface area contributed by atoms with Crippen molar-refractivity contribution in [3.05, 3.63) is 100 Å². The Labute approximate surface area is 211 Å². The Kier molecular flexibility index (Phi) is 6.77. The first-order valence-electron chi connectivity index (χ1n) is 12.6. The van der Waals surface area contributed by atoms with Gasteiger partial charge in [0.25, 0.3) is 5.91 Å². The number of amides is 2. The average molecular weight is 487 g/mol. The highest BCUT2D eigenvalue weighted by molar-refractivity contribution is 5.82. The molecule has 3 aromatic rings. The lowest BCUT2D eigenvalue weighted by Crippen LogP contribution is -2.41. The van der Waals surface area contributed by atoms with Crippen LogP contribution in [0.2, 0.25) is 0 Å². The van der Waals surface area contributed by atoms with Gasteiger partial charge in [0.1, 0.15) is 11.6 Å². The number of carbonyl (C=O) groups is 2. The van der Waals surface area contributed by atoms with Crippen molar-refractivity contribution in [1.29, 1.82) is 0 Å². The van der Waals surface area contributed by atoms with Gasteiger partial charge in [0.15, 0.2) is 6.10 Å². The average Bonchev–Trinajstić information content (AvgIpc) is 3.72. The molecule has 2 amide bonds. The van der Waals surface area contributed by atoms with Gasteiger partial charge in [-0.3, -0.25) is 9.59 Å². The molecule has 36 heavy (non-hydrogen) atoms. The van der Waals surface area contributed by atoms with Crippen molar-refractivity contribution in [2.24, 2.45) is 5.92 Å². The third kappa shape index (κ3) is 5.27. The summed E-state index contributed by atoms with van der Waals surface area (Å²) >= 11 is 0. The zero-order valence-corrected chi connectivity index (χ0v) is 20.7. The molecule has 1 aliphatic carbocycles. The lowest BCUT2D eigenvalue weighted by molar-refractivity contribution is -0.134. The van der Waals surface area contributed by atoms with Crippen LogP contribution in [0.3, 0.4) is 0 Å². The molecular weight excluding hydrogens is 455 g/mol. The zero-order valence-electron chi connectivity index (χ0n) is 20.7. The molecule has 1 saturated carbocycles. The summed E-state index contributed by atoms with van der Waals surface area (Å²) in [5.74, 6) is 0.332. The summed E-state index contributed by atoms with van der Waals surface area (Å²) in [6.45, 7) is 4.67. The van der Waals surface area contributed by atoms with E-state index in [-0.39, 0.29) is 36.1 Å². The summed E-state index contributed by atoms with van der Waals surface area (Å²) < 4.78 is 19.4. The van der Waals surface area contributed by atoms with E-state index in [2.05, 4.69) is 36.5 Å². The predicted octanol–water partition coefficient (Wildman–Crippen LogP) is 5.10. The first kappa shape index (κ1) is 24.0. The van der Waals surface area contributed by atoms with Crippen LogP contribution in [0.15, 0.2) is 66.7 Å². The number of nitrogens with one attached hydrogen (secondary N) is 1. The van der Waals surface area contributed by atoms with Crippen LogP contribution in [0.1, 0.15) is 53.6 Å². The standard InChI is InChI=1S/C30H31FN2O3/c1-19-6-8-23(9-7-19)28-27-17-26(13-12-22(27)14-15-33(28)30(35)24-10-11-24)36-20(2)29(34)32-18-21-4-3-5-25(31)16-21/h3-9,12-13,16-17,20,24,28H,10-11,14-15,18H2,1-2H3,(H,32,34)/t20-,28+/m1/s1. The number of halogens is 1. The van der Waals surface area contributed by atoms with Crippen molar-refractivity contribution in [3.8, 4) is 5.75 Å². The van der Waals surface area contributed by atoms with Crippen LogP contribution in [-0.2, 0) is 22.6 Å². The topological polar surface area (TPSA) is 58.6 Å². The van der Waals surface area contributed by atoms with E-state index in [4.69, 9.17) is 4.74 Å². The molecule has 1 aliphatic heterocycles. The number of fused-ring (bicyclic) bond motifs is 1. The van der Waals surface area contributed by atoms with Crippen LogP contribution in [0.4, 0.5) is 4.39 Å². The fourth-order valence-corrected chi connectivity index (χ4v) is 4.81. The molecule has 6 heteroatoms. The van der Waals surface area contributed by atoms with E-state index >= 15 is 0 Å². The highest BCUT2D eigenvalue weighted by atomic mass is 19.1. The summed E-state index contributed by atoms with van der Waals surface area (Å²) in [5.41, 5.74) is 5.17. The molecule has 0 saturated heterocycles. The smallest absolute Gasteiger partial charge is 0.261 e. The molecule has 1 fully saturated rings. The molecule has 1 N–H and O–H groups in total. The van der Waals surface area contributed by atoms with E-state index in [9.17, 15) is 14.0 Å². The Morgan fingerprint density at radius 2 is 1.86 bits per heavy atom. The fourth-order valence-electron chi connectivity index (χ4n) is 4.81. The molecule has 1 heterocycles. The lowest BCUT2D eigenvalue weighted by Gasteiger charge is -2.38. The Hall–Kier alpha value is -3.67. The number of hydrogen-bond acceptors (Lipinski definition) is 3. The van der Waals surface area contributed by atoms with E-state index in [0.29, 0.717) is 17.9 Å². The molecule has 0 aromatic heterocycles. The van der Waals surface area contributed by atoms with Crippen LogP contribution >= 0.6 is 0 Å². The van der Waals surface area contributed by atoms with Gasteiger partial charge >= 0.3 is 0 Å². The SMILES string of the molecule is Cc1ccc([C@H]2c3cc(O[C@H](C)C(=O)NCc4cccc(F)c4)ccc3CCN2C(=O)C2CC2)cc1. The van der Waals surface area contributed by atoms with Gasteiger partial charge in [0.2, 0.25) is 5.91 Å². The van der Waals surface area contributed by atoms with Gasteiger partial charge < -0.3 is 15.0 Å². The minimum atomic E-state index is -0.734. The van der Waals surface area contributed by atoms with Gasteiger partial charge in [-0.1, -0.05) is 48.0 Å². The molecule has 0 radical (unpaired) electrons. The molecule has 2 atom stereocenters. The normalized spacial score (nSPS) is 17.8. The predicted molar refractivity (Wildman–Crippen MR) is 136 cm³/mol. The van der Waals surface area contributed by atoms with E-state index < -0.39 is 6.10 Å². The quantitative estimate of drug-likeness (QED) is 0.505. The van der Waals surface area contributed by atoms with Crippen molar-refractivity contribution in [2.75, 3.05) is 6.54 Å². The highest BCUT2D eigenvalue weighted by Gasteiger charge is 2.39. The summed E-state index contributed by atoms with van der Waals surface area (Å²) in [5, 5.41) is 2.81. The zero-order chi connectivity index (χ0) is 25.2. The number of nitrogens with zero attached hydrogens (tertiary/aromatic N) is 1. The minimum Gasteiger partial charge on any atom is -0.481 e. The minimum absolute atomic E-state index is 0.140. The number of ether oxygens (including phenoxy) is 1. The molecule has 2 aliphatic rings. The first-order valence-corrected chi connectivity index (χ1v) is 12.6. The second kappa shape index (κ2) is 10.1. The number of hydrogen-bond donors (Lipinski definition) is 1. The number of carbonyl (C=O) groups excluding carboxylic acids is 2. The van der Waals surface area contributed by atoms with Crippen molar-refractivity contribution >= 4 is 11.8 Å². The van der Waals surface area contributed by atoms with Crippen LogP contribution in [0.25, 0.3) is 0 Å². The van der Waals surface area contributed by atoms with Crippen LogP contribution in [0.5, 0.6) is 5.75 Å². The lowest BCUT2D eigenvalue weighted by atomic mass is 9.87. The van der Waals surface area contributed by atoms with Gasteiger partial charge in [-0.05, 0) is 79.6 Å². The molecule has 186 valence electrons. The van der Waals surface area contributed by atoms with Gasteiger partial charge in [0, 0.05) is 19.0 Å². The number of rotatable bonds is 7. The Balaban J connectivity index is 1.35. The largest absolute Gasteiger partial charge is 0.481 e. The Bertz CT molecular complexity index is 1270. The maximum Gasteiger partial charge on any atom is 0.261 e. The summed E-state index contributed by atoms with van der Waals surface area (Å²) in [6, 6.07) is 20.2. The second-order valence-electron chi connectivity index (χ2n) is 9.84.